The summed E-state index contributed by atoms with van der Waals surface area (Å²) >= 11 is 0. The van der Waals surface area contributed by atoms with Gasteiger partial charge in [0.2, 0.25) is 0 Å². The second kappa shape index (κ2) is 15.7. The molecule has 3 heterocycles. The molecule has 1 amide bonds. The zero-order valence-corrected chi connectivity index (χ0v) is 27.8. The number of carbonyl (C=O) groups excluding carboxylic acids is 2. The van der Waals surface area contributed by atoms with Crippen molar-refractivity contribution in [2.24, 2.45) is 5.73 Å². The van der Waals surface area contributed by atoms with Crippen LogP contribution in [0.25, 0.3) is 0 Å². The Labute approximate surface area is 281 Å². The molecular formula is C33H43F6N5O5. The predicted molar refractivity (Wildman–Crippen MR) is 168 cm³/mol. The molecule has 0 bridgehead atoms. The molecule has 3 aliphatic heterocycles. The van der Waals surface area contributed by atoms with Crippen molar-refractivity contribution in [2.75, 3.05) is 66.1 Å². The molecule has 0 radical (unpaired) electrons. The lowest BCUT2D eigenvalue weighted by Crippen LogP contribution is -2.47. The molecule has 272 valence electrons. The lowest BCUT2D eigenvalue weighted by atomic mass is 9.97. The van der Waals surface area contributed by atoms with Crippen LogP contribution in [0.15, 0.2) is 54.0 Å². The zero-order chi connectivity index (χ0) is 36.1. The second-order valence-corrected chi connectivity index (χ2v) is 12.2. The largest absolute Gasteiger partial charge is 0.468 e. The lowest BCUT2D eigenvalue weighted by molar-refractivity contribution is -0.144. The lowest BCUT2D eigenvalue weighted by Gasteiger charge is -2.39. The van der Waals surface area contributed by atoms with Crippen LogP contribution in [-0.2, 0) is 31.4 Å². The molecule has 1 aromatic carbocycles. The first-order chi connectivity index (χ1) is 23.1. The monoisotopic (exact) mass is 703 g/mol. The predicted octanol–water partition coefficient (Wildman–Crippen LogP) is 5.14. The van der Waals surface area contributed by atoms with Gasteiger partial charge in [0.25, 0.3) is 0 Å². The van der Waals surface area contributed by atoms with Gasteiger partial charge >= 0.3 is 24.4 Å². The Kier molecular flexibility index (Phi) is 12.2. The van der Waals surface area contributed by atoms with Crippen LogP contribution in [0, 0.1) is 0 Å². The summed E-state index contributed by atoms with van der Waals surface area (Å²) < 4.78 is 97.6. The Hall–Kier alpha value is -3.92. The third-order valence-corrected chi connectivity index (χ3v) is 9.17. The molecule has 0 spiro atoms. The molecule has 3 fully saturated rings. The number of piperazine rings is 1. The summed E-state index contributed by atoms with van der Waals surface area (Å²) in [4.78, 5) is 32.4. The van der Waals surface area contributed by atoms with Gasteiger partial charge < -0.3 is 29.7 Å². The number of amides is 1. The van der Waals surface area contributed by atoms with Crippen LogP contribution in [0.5, 0.6) is 0 Å². The van der Waals surface area contributed by atoms with E-state index in [4.69, 9.17) is 19.9 Å². The highest BCUT2D eigenvalue weighted by atomic mass is 19.4. The first-order valence-corrected chi connectivity index (χ1v) is 16.0. The average molecular weight is 704 g/mol. The summed E-state index contributed by atoms with van der Waals surface area (Å²) in [5, 5.41) is 0. The number of benzene rings is 1. The number of methoxy groups -OCH3 is 1. The fourth-order valence-corrected chi connectivity index (χ4v) is 6.39. The molecule has 0 saturated carbocycles. The summed E-state index contributed by atoms with van der Waals surface area (Å²) in [6.45, 7) is 11.7. The van der Waals surface area contributed by atoms with Gasteiger partial charge in [-0.1, -0.05) is 6.58 Å². The van der Waals surface area contributed by atoms with Crippen LogP contribution >= 0.6 is 0 Å². The molecule has 0 aliphatic carbocycles. The fraction of sp³-hybridized carbons (Fsp3) is 0.576. The summed E-state index contributed by atoms with van der Waals surface area (Å²) in [6, 6.07) is 0.352. The number of carbonyl (C=O) groups is 2. The molecule has 16 heteroatoms. The van der Waals surface area contributed by atoms with E-state index >= 15 is 0 Å². The van der Waals surface area contributed by atoms with Crippen molar-refractivity contribution < 1.29 is 50.1 Å². The van der Waals surface area contributed by atoms with Crippen molar-refractivity contribution >= 4 is 12.1 Å². The molecular weight excluding hydrogens is 660 g/mol. The maximum atomic E-state index is 13.6. The van der Waals surface area contributed by atoms with Gasteiger partial charge in [-0.25, -0.2) is 4.79 Å². The number of ether oxygens (including phenoxy) is 3. The third kappa shape index (κ3) is 9.21. The van der Waals surface area contributed by atoms with E-state index in [2.05, 4.69) is 11.5 Å². The molecule has 10 nitrogen and oxygen atoms in total. The van der Waals surface area contributed by atoms with Gasteiger partial charge in [-0.15, -0.1) is 0 Å². The number of cyclic esters (lactones) is 1. The van der Waals surface area contributed by atoms with E-state index in [1.165, 1.54) is 25.1 Å². The van der Waals surface area contributed by atoms with E-state index in [1.807, 2.05) is 16.7 Å². The minimum atomic E-state index is -5.06. The zero-order valence-electron chi connectivity index (χ0n) is 27.8. The molecule has 3 aliphatic rings. The highest BCUT2D eigenvalue weighted by Gasteiger charge is 2.44. The van der Waals surface area contributed by atoms with E-state index in [9.17, 15) is 35.9 Å². The molecule has 3 saturated heterocycles. The van der Waals surface area contributed by atoms with Crippen molar-refractivity contribution in [1.29, 1.82) is 0 Å². The molecule has 2 N–H and O–H groups in total. The third-order valence-electron chi connectivity index (χ3n) is 9.17. The number of rotatable bonds is 11. The van der Waals surface area contributed by atoms with E-state index in [0.717, 1.165) is 12.8 Å². The van der Waals surface area contributed by atoms with E-state index < -0.39 is 47.3 Å². The highest BCUT2D eigenvalue weighted by Crippen LogP contribution is 2.41. The van der Waals surface area contributed by atoms with Gasteiger partial charge in [0.1, 0.15) is 6.10 Å². The number of nitrogens with zero attached hydrogens (tertiary/aromatic N) is 4. The highest BCUT2D eigenvalue weighted by molar-refractivity contribution is 5.72. The number of halogens is 6. The second-order valence-electron chi connectivity index (χ2n) is 12.2. The standard InChI is InChI=1S/C33H43F6N5O5/c1-5-43(27-6-12-48-13-7-27)21(2)24(16-28(18-40)42-10-8-41(9-11-42)20-29(45)47-4)19-44-22(3)30(49-31(44)46)23-14-25(32(34,35)36)17-26(15-23)33(37,38)39/h14-18,22,27,30H,2,5-13,19-20,40H2,1,3-4H3/b24-16-,28-18+/t22-,30-/m0/s1. The molecule has 1 aromatic rings. The van der Waals surface area contributed by atoms with Gasteiger partial charge in [0, 0.05) is 63.9 Å². The molecule has 49 heavy (non-hydrogen) atoms. The van der Waals surface area contributed by atoms with Gasteiger partial charge in [0.15, 0.2) is 0 Å². The van der Waals surface area contributed by atoms with E-state index in [-0.39, 0.29) is 31.2 Å². The Morgan fingerprint density at radius 2 is 1.63 bits per heavy atom. The van der Waals surface area contributed by atoms with Crippen molar-refractivity contribution in [1.82, 2.24) is 19.6 Å². The van der Waals surface area contributed by atoms with Crippen molar-refractivity contribution in [3.63, 3.8) is 0 Å². The number of hydrogen-bond donors (Lipinski definition) is 1. The van der Waals surface area contributed by atoms with Crippen molar-refractivity contribution in [3.05, 3.63) is 70.7 Å². The first-order valence-electron chi connectivity index (χ1n) is 16.0. The normalized spacial score (nSPS) is 21.9. The molecule has 0 aromatic heterocycles. The van der Waals surface area contributed by atoms with Gasteiger partial charge in [-0.2, -0.15) is 26.3 Å². The van der Waals surface area contributed by atoms with Crippen LogP contribution < -0.4 is 5.73 Å². The number of allylic oxidation sites excluding steroid dienone is 1. The van der Waals surface area contributed by atoms with Gasteiger partial charge in [-0.05, 0) is 62.1 Å². The number of hydrogen-bond acceptors (Lipinski definition) is 9. The van der Waals surface area contributed by atoms with Crippen LogP contribution in [0.1, 0.15) is 49.5 Å². The fourth-order valence-electron chi connectivity index (χ4n) is 6.39. The van der Waals surface area contributed by atoms with Crippen LogP contribution in [-0.4, -0.2) is 110 Å². The van der Waals surface area contributed by atoms with E-state index in [1.54, 1.807) is 6.08 Å². The molecule has 4 rings (SSSR count). The Morgan fingerprint density at radius 1 is 1.04 bits per heavy atom. The first kappa shape index (κ1) is 37.9. The number of alkyl halides is 6. The minimum absolute atomic E-state index is 0.0408. The summed E-state index contributed by atoms with van der Waals surface area (Å²) in [6.07, 6.45) is -7.73. The maximum absolute atomic E-state index is 13.6. The van der Waals surface area contributed by atoms with Crippen LogP contribution in [0.4, 0.5) is 31.1 Å². The Morgan fingerprint density at radius 3 is 2.14 bits per heavy atom. The summed E-state index contributed by atoms with van der Waals surface area (Å²) in [5.41, 5.74) is 4.47. The minimum Gasteiger partial charge on any atom is -0.468 e. The maximum Gasteiger partial charge on any atom is 0.416 e. The van der Waals surface area contributed by atoms with E-state index in [0.29, 0.717) is 75.0 Å². The smallest absolute Gasteiger partial charge is 0.416 e. The molecule has 2 atom stereocenters. The topological polar surface area (TPSA) is 101 Å². The quantitative estimate of drug-likeness (QED) is 0.191. The average Bonchev–Trinajstić information content (AvgIpc) is 3.35. The van der Waals surface area contributed by atoms with Gasteiger partial charge in [-0.3, -0.25) is 14.6 Å². The molecule has 0 unspecified atom stereocenters. The Bertz CT molecular complexity index is 1390. The number of esters is 1. The number of likely N-dealkylation sites (N-methyl/N-ethyl adjacent to an activating group) is 1. The summed E-state index contributed by atoms with van der Waals surface area (Å²) in [7, 11) is 1.32. The van der Waals surface area contributed by atoms with Crippen molar-refractivity contribution in [3.8, 4) is 0 Å². The summed E-state index contributed by atoms with van der Waals surface area (Å²) in [5.74, 6) is -0.348. The Balaban J connectivity index is 1.65. The number of nitrogens with two attached hydrogens (primary N) is 1. The van der Waals surface area contributed by atoms with Crippen LogP contribution in [0.3, 0.4) is 0 Å². The SMILES string of the molecule is C=C(/C(=C\C(=C/N)N1CCN(CC(=O)OC)CC1)CN1C(=O)O[C@H](c2cc(C(F)(F)F)cc(C(F)(F)F)c2)[C@@H]1C)N(CC)C1CCOCC1. The van der Waals surface area contributed by atoms with Crippen LogP contribution in [0.2, 0.25) is 0 Å². The van der Waals surface area contributed by atoms with Gasteiger partial charge in [0.05, 0.1) is 43.1 Å². The van der Waals surface area contributed by atoms with Crippen molar-refractivity contribution in [2.45, 2.75) is 57.2 Å².